The van der Waals surface area contributed by atoms with Crippen LogP contribution in [-0.2, 0) is 19.6 Å². The molecule has 0 aliphatic carbocycles. The number of anilines is 1. The van der Waals surface area contributed by atoms with Crippen molar-refractivity contribution in [3.05, 3.63) is 59.7 Å². The summed E-state index contributed by atoms with van der Waals surface area (Å²) in [6, 6.07) is 12.6. The molecule has 0 heterocycles. The molecule has 0 saturated heterocycles. The zero-order chi connectivity index (χ0) is 23.9. The first-order chi connectivity index (χ1) is 14.9. The largest absolute Gasteiger partial charge is 0.411 e. The smallest absolute Gasteiger partial charge is 0.370 e. The molecule has 0 radical (unpaired) electrons. The van der Waals surface area contributed by atoms with E-state index in [1.165, 1.54) is 19.1 Å². The van der Waals surface area contributed by atoms with Gasteiger partial charge in [-0.05, 0) is 45.0 Å². The summed E-state index contributed by atoms with van der Waals surface area (Å²) in [5, 5.41) is 2.53. The van der Waals surface area contributed by atoms with Gasteiger partial charge in [-0.15, -0.1) is 0 Å². The Morgan fingerprint density at radius 1 is 1.03 bits per heavy atom. The maximum absolute atomic E-state index is 13.3. The van der Waals surface area contributed by atoms with Gasteiger partial charge in [-0.2, -0.15) is 13.2 Å². The lowest BCUT2D eigenvalue weighted by Crippen LogP contribution is -2.40. The summed E-state index contributed by atoms with van der Waals surface area (Å²) in [5.74, 6) is -0.496. The number of ether oxygens (including phenoxy) is 1. The predicted molar refractivity (Wildman–Crippen MR) is 116 cm³/mol. The second-order valence-electron chi connectivity index (χ2n) is 7.57. The maximum Gasteiger partial charge on any atom is 0.411 e. The molecule has 0 bridgehead atoms. The van der Waals surface area contributed by atoms with Crippen LogP contribution in [0.5, 0.6) is 0 Å². The number of halogens is 3. The molecule has 176 valence electrons. The van der Waals surface area contributed by atoms with Gasteiger partial charge in [0.05, 0.1) is 17.2 Å². The number of hydrogen-bond acceptors (Lipinski definition) is 4. The predicted octanol–water partition coefficient (Wildman–Crippen LogP) is 3.97. The van der Waals surface area contributed by atoms with Crippen molar-refractivity contribution in [1.82, 2.24) is 5.32 Å². The average Bonchev–Trinajstić information content (AvgIpc) is 2.68. The van der Waals surface area contributed by atoms with Crippen molar-refractivity contribution in [2.75, 3.05) is 24.1 Å². The summed E-state index contributed by atoms with van der Waals surface area (Å²) < 4.78 is 68.7. The number of hydrogen-bond donors (Lipinski definition) is 1. The number of aryl methyl sites for hydroxylation is 2. The van der Waals surface area contributed by atoms with Crippen molar-refractivity contribution in [2.45, 2.75) is 44.3 Å². The lowest BCUT2D eigenvalue weighted by molar-refractivity contribution is -0.175. The number of carbonyl (C=O) groups is 1. The molecular weight excluding hydrogens is 445 g/mol. The van der Waals surface area contributed by atoms with E-state index < -0.39 is 34.8 Å². The third-order valence-electron chi connectivity index (χ3n) is 4.51. The Kier molecular flexibility index (Phi) is 8.68. The van der Waals surface area contributed by atoms with E-state index in [1.807, 2.05) is 13.8 Å². The van der Waals surface area contributed by atoms with Crippen LogP contribution >= 0.6 is 0 Å². The van der Waals surface area contributed by atoms with Gasteiger partial charge in [-0.1, -0.05) is 35.4 Å². The minimum absolute atomic E-state index is 0.0954. The van der Waals surface area contributed by atoms with E-state index in [4.69, 9.17) is 0 Å². The molecule has 0 spiro atoms. The molecule has 32 heavy (non-hydrogen) atoms. The monoisotopic (exact) mass is 472 g/mol. The molecule has 2 aromatic rings. The van der Waals surface area contributed by atoms with Crippen molar-refractivity contribution in [3.63, 3.8) is 0 Å². The van der Waals surface area contributed by atoms with E-state index >= 15 is 0 Å². The number of rotatable bonds is 10. The lowest BCUT2D eigenvalue weighted by atomic mass is 10.2. The lowest BCUT2D eigenvalue weighted by Gasteiger charge is -2.25. The molecule has 2 aromatic carbocycles. The maximum atomic E-state index is 13.3. The fourth-order valence-corrected chi connectivity index (χ4v) is 4.35. The minimum Gasteiger partial charge on any atom is -0.370 e. The van der Waals surface area contributed by atoms with Crippen LogP contribution in [0.1, 0.15) is 24.5 Å². The molecule has 0 aliphatic heterocycles. The summed E-state index contributed by atoms with van der Waals surface area (Å²) in [7, 11) is -3.93. The van der Waals surface area contributed by atoms with Crippen LogP contribution in [-0.4, -0.2) is 46.3 Å². The van der Waals surface area contributed by atoms with E-state index in [1.54, 1.807) is 36.4 Å². The molecule has 1 atom stereocenters. The number of nitrogens with one attached hydrogen (secondary N) is 1. The highest BCUT2D eigenvalue weighted by atomic mass is 32.2. The second kappa shape index (κ2) is 10.8. The number of alkyl halides is 3. The summed E-state index contributed by atoms with van der Waals surface area (Å²) in [6.07, 6.45) is -4.62. The van der Waals surface area contributed by atoms with Gasteiger partial charge in [0.15, 0.2) is 0 Å². The average molecular weight is 473 g/mol. The molecule has 0 aliphatic rings. The van der Waals surface area contributed by atoms with Crippen LogP contribution in [0.3, 0.4) is 0 Å². The van der Waals surface area contributed by atoms with E-state index in [2.05, 4.69) is 10.1 Å². The highest BCUT2D eigenvalue weighted by Crippen LogP contribution is 2.25. The Morgan fingerprint density at radius 3 is 2.09 bits per heavy atom. The summed E-state index contributed by atoms with van der Waals surface area (Å²) in [6.45, 7) is 3.38. The van der Waals surface area contributed by atoms with Crippen LogP contribution in [0.2, 0.25) is 0 Å². The first-order valence-corrected chi connectivity index (χ1v) is 11.4. The molecule has 1 unspecified atom stereocenters. The minimum atomic E-state index is -4.44. The topological polar surface area (TPSA) is 75.7 Å². The summed E-state index contributed by atoms with van der Waals surface area (Å²) >= 11 is 0. The first kappa shape index (κ1) is 25.7. The van der Waals surface area contributed by atoms with Gasteiger partial charge in [0.25, 0.3) is 10.0 Å². The Bertz CT molecular complexity index is 991. The molecule has 6 nitrogen and oxygen atoms in total. The van der Waals surface area contributed by atoms with E-state index in [0.717, 1.165) is 15.4 Å². The molecule has 10 heteroatoms. The Hall–Kier alpha value is -2.59. The van der Waals surface area contributed by atoms with Gasteiger partial charge in [-0.3, -0.25) is 9.10 Å². The molecule has 0 fully saturated rings. The third-order valence-corrected chi connectivity index (χ3v) is 6.36. The highest BCUT2D eigenvalue weighted by Gasteiger charge is 2.28. The molecule has 1 N–H and O–H groups in total. The van der Waals surface area contributed by atoms with Gasteiger partial charge in [-0.25, -0.2) is 8.42 Å². The van der Waals surface area contributed by atoms with E-state index in [-0.39, 0.29) is 24.5 Å². The summed E-state index contributed by atoms with van der Waals surface area (Å²) in [5.41, 5.74) is 2.27. The van der Waals surface area contributed by atoms with Crippen LogP contribution in [0.4, 0.5) is 18.9 Å². The highest BCUT2D eigenvalue weighted by molar-refractivity contribution is 7.92. The molecule has 1 amide bonds. The van der Waals surface area contributed by atoms with Gasteiger partial charge in [0, 0.05) is 19.0 Å². The van der Waals surface area contributed by atoms with Crippen LogP contribution < -0.4 is 9.62 Å². The number of carbonyl (C=O) groups excluding carboxylic acids is 1. The zero-order valence-corrected chi connectivity index (χ0v) is 19.0. The first-order valence-electron chi connectivity index (χ1n) is 9.98. The standard InChI is InChI=1S/C22H27F3N2O4S/c1-16-4-8-19(9-5-16)27(32(29,30)20-10-6-17(2)7-11-20)13-12-21(28)26-18(3)14-31-15-22(23,24)25/h4-11,18H,12-15H2,1-3H3,(H,26,28). The van der Waals surface area contributed by atoms with Crippen LogP contribution in [0.25, 0.3) is 0 Å². The van der Waals surface area contributed by atoms with Crippen molar-refractivity contribution in [1.29, 1.82) is 0 Å². The van der Waals surface area contributed by atoms with Crippen molar-refractivity contribution in [3.8, 4) is 0 Å². The van der Waals surface area contributed by atoms with Crippen LogP contribution in [0, 0.1) is 13.8 Å². The second-order valence-corrected chi connectivity index (χ2v) is 9.44. The molecule has 2 rings (SSSR count). The number of sulfonamides is 1. The third kappa shape index (κ3) is 7.83. The van der Waals surface area contributed by atoms with Gasteiger partial charge < -0.3 is 10.1 Å². The molecular formula is C22H27F3N2O4S. The number of nitrogens with zero attached hydrogens (tertiary/aromatic N) is 1. The Balaban J connectivity index is 2.10. The Labute approximate surface area is 186 Å². The fourth-order valence-electron chi connectivity index (χ4n) is 2.88. The Morgan fingerprint density at radius 2 is 1.56 bits per heavy atom. The normalized spacial score (nSPS) is 12.9. The van der Waals surface area contributed by atoms with Gasteiger partial charge >= 0.3 is 6.18 Å². The van der Waals surface area contributed by atoms with Gasteiger partial charge in [0.1, 0.15) is 6.61 Å². The van der Waals surface area contributed by atoms with Crippen molar-refractivity contribution in [2.24, 2.45) is 0 Å². The number of benzene rings is 2. The fraction of sp³-hybridized carbons (Fsp3) is 0.409. The zero-order valence-electron chi connectivity index (χ0n) is 18.1. The number of amides is 1. The SMILES string of the molecule is Cc1ccc(N(CCC(=O)NC(C)COCC(F)(F)F)S(=O)(=O)c2ccc(C)cc2)cc1. The van der Waals surface area contributed by atoms with Crippen molar-refractivity contribution < 1.29 is 31.1 Å². The van der Waals surface area contributed by atoms with Crippen molar-refractivity contribution >= 4 is 21.6 Å². The molecule has 0 saturated carbocycles. The molecule has 0 aromatic heterocycles. The van der Waals surface area contributed by atoms with Crippen LogP contribution in [0.15, 0.2) is 53.4 Å². The van der Waals surface area contributed by atoms with Gasteiger partial charge in [0.2, 0.25) is 5.91 Å². The van der Waals surface area contributed by atoms with E-state index in [0.29, 0.717) is 5.69 Å². The summed E-state index contributed by atoms with van der Waals surface area (Å²) in [4.78, 5) is 12.4. The van der Waals surface area contributed by atoms with E-state index in [9.17, 15) is 26.4 Å². The quantitative estimate of drug-likeness (QED) is 0.568.